The van der Waals surface area contributed by atoms with E-state index in [1.807, 2.05) is 48.5 Å². The smallest absolute Gasteiger partial charge is 0.159 e. The van der Waals surface area contributed by atoms with Crippen LogP contribution in [0, 0.1) is 6.92 Å². The summed E-state index contributed by atoms with van der Waals surface area (Å²) in [4.78, 5) is 2.37. The number of anilines is 1. The molecule has 4 nitrogen and oxygen atoms in total. The number of hydrogen-bond donors (Lipinski definition) is 1. The molecule has 1 fully saturated rings. The molecule has 1 aliphatic heterocycles. The van der Waals surface area contributed by atoms with Gasteiger partial charge in [-0.25, -0.2) is 8.42 Å². The van der Waals surface area contributed by atoms with Gasteiger partial charge in [0.05, 0.1) is 16.1 Å². The minimum absolute atomic E-state index is 0.0744. The summed E-state index contributed by atoms with van der Waals surface area (Å²) in [6, 6.07) is 22.2. The summed E-state index contributed by atoms with van der Waals surface area (Å²) in [5, 5.41) is 11.9. The monoisotopic (exact) mass is 539 g/mol. The van der Waals surface area contributed by atoms with E-state index in [1.54, 1.807) is 20.8 Å². The minimum Gasteiger partial charge on any atom is -0.385 e. The molecule has 0 spiro atoms. The molecule has 0 unspecified atom stereocenters. The van der Waals surface area contributed by atoms with E-state index in [0.29, 0.717) is 17.9 Å². The van der Waals surface area contributed by atoms with Crippen LogP contribution in [0.3, 0.4) is 0 Å². The number of piperidine rings is 1. The molecule has 1 saturated heterocycles. The summed E-state index contributed by atoms with van der Waals surface area (Å²) in [5.41, 5.74) is 5.94. The first-order chi connectivity index (χ1) is 17.4. The third kappa shape index (κ3) is 6.57. The zero-order valence-electron chi connectivity index (χ0n) is 22.3. The Morgan fingerprint density at radius 2 is 1.41 bits per heavy atom. The predicted octanol–water partition coefficient (Wildman–Crippen LogP) is 6.63. The highest BCUT2D eigenvalue weighted by atomic mass is 35.5. The lowest BCUT2D eigenvalue weighted by Gasteiger charge is -2.40. The molecular formula is C31H38ClNO3S. The molecule has 4 rings (SSSR count). The molecule has 0 bridgehead atoms. The molecule has 6 heteroatoms. The summed E-state index contributed by atoms with van der Waals surface area (Å²) < 4.78 is 24.2. The van der Waals surface area contributed by atoms with E-state index < -0.39 is 20.2 Å². The van der Waals surface area contributed by atoms with E-state index in [-0.39, 0.29) is 5.75 Å². The predicted molar refractivity (Wildman–Crippen MR) is 154 cm³/mol. The Balaban J connectivity index is 1.34. The van der Waals surface area contributed by atoms with Gasteiger partial charge in [-0.1, -0.05) is 60.1 Å². The van der Waals surface area contributed by atoms with Crippen molar-refractivity contribution in [3.05, 3.63) is 99.6 Å². The van der Waals surface area contributed by atoms with Gasteiger partial charge in [0.25, 0.3) is 0 Å². The molecular weight excluding hydrogens is 502 g/mol. The van der Waals surface area contributed by atoms with Crippen LogP contribution in [-0.4, -0.2) is 31.4 Å². The Morgan fingerprint density at radius 1 is 0.865 bits per heavy atom. The van der Waals surface area contributed by atoms with Gasteiger partial charge in [-0.2, -0.15) is 0 Å². The first kappa shape index (κ1) is 27.7. The van der Waals surface area contributed by atoms with Gasteiger partial charge in [0.1, 0.15) is 0 Å². The van der Waals surface area contributed by atoms with E-state index >= 15 is 0 Å². The van der Waals surface area contributed by atoms with Crippen LogP contribution in [0.2, 0.25) is 5.02 Å². The normalized spacial score (nSPS) is 16.1. The number of aryl methyl sites for hydroxylation is 3. The van der Waals surface area contributed by atoms with Crippen molar-refractivity contribution in [2.45, 2.75) is 69.5 Å². The zero-order valence-corrected chi connectivity index (χ0v) is 23.9. The minimum atomic E-state index is -3.18. The number of nitrogens with zero attached hydrogens (tertiary/aromatic N) is 1. The highest BCUT2D eigenvalue weighted by Gasteiger charge is 2.34. The van der Waals surface area contributed by atoms with E-state index in [0.717, 1.165) is 37.1 Å². The summed E-state index contributed by atoms with van der Waals surface area (Å²) in [7, 11) is -3.18. The average molecular weight is 540 g/mol. The number of sulfone groups is 1. The highest BCUT2D eigenvalue weighted by Crippen LogP contribution is 2.36. The van der Waals surface area contributed by atoms with Gasteiger partial charge >= 0.3 is 0 Å². The SMILES string of the molecule is Cc1cc(CCc2ccc(CS(=O)(=O)C(C)(C)C)cc2)ccc1N1CCC(O)(c2ccc(Cl)cc2)CC1. The van der Waals surface area contributed by atoms with Crippen LogP contribution in [0.5, 0.6) is 0 Å². The molecule has 37 heavy (non-hydrogen) atoms. The number of halogens is 1. The third-order valence-electron chi connectivity index (χ3n) is 7.59. The first-order valence-electron chi connectivity index (χ1n) is 13.0. The van der Waals surface area contributed by atoms with Crippen molar-refractivity contribution in [1.29, 1.82) is 0 Å². The van der Waals surface area contributed by atoms with Crippen molar-refractivity contribution >= 4 is 27.1 Å². The molecule has 3 aromatic rings. The van der Waals surface area contributed by atoms with Crippen LogP contribution in [0.15, 0.2) is 66.7 Å². The molecule has 0 radical (unpaired) electrons. The second-order valence-electron chi connectivity index (χ2n) is 11.3. The second-order valence-corrected chi connectivity index (χ2v) is 14.5. The van der Waals surface area contributed by atoms with E-state index in [2.05, 4.69) is 30.0 Å². The molecule has 198 valence electrons. The Labute approximate surface area is 227 Å². The Hall–Kier alpha value is -2.34. The van der Waals surface area contributed by atoms with Crippen LogP contribution in [0.1, 0.15) is 61.4 Å². The lowest BCUT2D eigenvalue weighted by molar-refractivity contribution is 0.0117. The maximum absolute atomic E-state index is 12.5. The van der Waals surface area contributed by atoms with Crippen LogP contribution in [-0.2, 0) is 34.0 Å². The molecule has 0 aromatic heterocycles. The van der Waals surface area contributed by atoms with Crippen molar-refractivity contribution < 1.29 is 13.5 Å². The van der Waals surface area contributed by atoms with Crippen molar-refractivity contribution in [3.8, 4) is 0 Å². The fourth-order valence-electron chi connectivity index (χ4n) is 4.92. The maximum Gasteiger partial charge on any atom is 0.159 e. The first-order valence-corrected chi connectivity index (χ1v) is 15.0. The van der Waals surface area contributed by atoms with Crippen molar-refractivity contribution in [2.75, 3.05) is 18.0 Å². The second kappa shape index (κ2) is 10.8. The molecule has 0 saturated carbocycles. The Kier molecular flexibility index (Phi) is 8.08. The van der Waals surface area contributed by atoms with E-state index in [1.165, 1.54) is 22.4 Å². The number of hydrogen-bond acceptors (Lipinski definition) is 4. The Morgan fingerprint density at radius 3 is 1.97 bits per heavy atom. The Bertz CT molecular complexity index is 1320. The fourth-order valence-corrected chi connectivity index (χ4v) is 6.11. The molecule has 0 atom stereocenters. The van der Waals surface area contributed by atoms with Crippen molar-refractivity contribution in [2.24, 2.45) is 0 Å². The molecule has 0 amide bonds. The lowest BCUT2D eigenvalue weighted by atomic mass is 9.84. The van der Waals surface area contributed by atoms with Crippen molar-refractivity contribution in [3.63, 3.8) is 0 Å². The van der Waals surface area contributed by atoms with Crippen molar-refractivity contribution in [1.82, 2.24) is 0 Å². The largest absolute Gasteiger partial charge is 0.385 e. The summed E-state index contributed by atoms with van der Waals surface area (Å²) >= 11 is 6.02. The maximum atomic E-state index is 12.5. The zero-order chi connectivity index (χ0) is 26.8. The van der Waals surface area contributed by atoms with Gasteiger partial charge in [-0.15, -0.1) is 0 Å². The van der Waals surface area contributed by atoms with Gasteiger partial charge in [0.2, 0.25) is 0 Å². The molecule has 1 heterocycles. The highest BCUT2D eigenvalue weighted by molar-refractivity contribution is 7.91. The van der Waals surface area contributed by atoms with Gasteiger partial charge in [-0.3, -0.25) is 0 Å². The quantitative estimate of drug-likeness (QED) is 0.366. The van der Waals surface area contributed by atoms with Gasteiger partial charge in [0, 0.05) is 23.8 Å². The van der Waals surface area contributed by atoms with Gasteiger partial charge < -0.3 is 10.0 Å². The standard InChI is InChI=1S/C31H38ClNO3S/c1-23-21-25(8-5-24-6-9-26(10-7-24)22-37(35,36)30(2,3)4)11-16-29(23)33-19-17-31(34,18-20-33)27-12-14-28(32)15-13-27/h6-7,9-16,21,34H,5,8,17-20,22H2,1-4H3. The van der Waals surface area contributed by atoms with Gasteiger partial charge in [0.15, 0.2) is 9.84 Å². The lowest BCUT2D eigenvalue weighted by Crippen LogP contribution is -2.42. The summed E-state index contributed by atoms with van der Waals surface area (Å²) in [6.07, 6.45) is 3.20. The number of rotatable bonds is 7. The molecule has 3 aromatic carbocycles. The molecule has 1 N–H and O–H groups in total. The van der Waals surface area contributed by atoms with E-state index in [9.17, 15) is 13.5 Å². The van der Waals surface area contributed by atoms with Crippen LogP contribution in [0.4, 0.5) is 5.69 Å². The molecule has 1 aliphatic rings. The van der Waals surface area contributed by atoms with Crippen LogP contribution < -0.4 is 4.90 Å². The van der Waals surface area contributed by atoms with E-state index in [4.69, 9.17) is 11.6 Å². The van der Waals surface area contributed by atoms with Crippen LogP contribution >= 0.6 is 11.6 Å². The average Bonchev–Trinajstić information content (AvgIpc) is 2.84. The number of aliphatic hydroxyl groups is 1. The topological polar surface area (TPSA) is 57.6 Å². The third-order valence-corrected chi connectivity index (χ3v) is 10.4. The van der Waals surface area contributed by atoms with Crippen LogP contribution in [0.25, 0.3) is 0 Å². The number of benzene rings is 3. The summed E-state index contributed by atoms with van der Waals surface area (Å²) in [6.45, 7) is 9.00. The fraction of sp³-hybridized carbons (Fsp3) is 0.419. The molecule has 0 aliphatic carbocycles. The van der Waals surface area contributed by atoms with Gasteiger partial charge in [-0.05, 0) is 99.4 Å². The summed E-state index contributed by atoms with van der Waals surface area (Å²) in [5.74, 6) is 0.0744.